The van der Waals surface area contributed by atoms with E-state index in [4.69, 9.17) is 0 Å². The Bertz CT molecular complexity index is 494. The number of carbonyl (C=O) groups is 2. The second kappa shape index (κ2) is 7.63. The summed E-state index contributed by atoms with van der Waals surface area (Å²) in [6.45, 7) is 0. The van der Waals surface area contributed by atoms with E-state index < -0.39 is 6.04 Å². The lowest BCUT2D eigenvalue weighted by molar-refractivity contribution is -0.109. The van der Waals surface area contributed by atoms with Crippen molar-refractivity contribution in [1.29, 1.82) is 0 Å². The van der Waals surface area contributed by atoms with Crippen LogP contribution in [0.3, 0.4) is 0 Å². The summed E-state index contributed by atoms with van der Waals surface area (Å²) < 4.78 is 0. The molecule has 0 fully saturated rings. The van der Waals surface area contributed by atoms with Crippen LogP contribution >= 0.6 is 0 Å². The number of rotatable bonds is 1. The Hall–Kier alpha value is -1.90. The average molecular weight is 271 g/mol. The molecule has 1 N–H and O–H groups in total. The molecule has 1 aromatic carbocycles. The summed E-state index contributed by atoms with van der Waals surface area (Å²) in [6, 6.07) is 7.23. The van der Waals surface area contributed by atoms with Gasteiger partial charge in [-0.1, -0.05) is 36.8 Å². The number of hydrogen-bond acceptors (Lipinski definition) is 2. The summed E-state index contributed by atoms with van der Waals surface area (Å²) in [5, 5.41) is 2.80. The van der Waals surface area contributed by atoms with Gasteiger partial charge in [0, 0.05) is 5.56 Å². The highest BCUT2D eigenvalue weighted by atomic mass is 16.2. The zero-order chi connectivity index (χ0) is 14.2. The molecule has 1 aliphatic heterocycles. The smallest absolute Gasteiger partial charge is 0.252 e. The van der Waals surface area contributed by atoms with Crippen molar-refractivity contribution >= 4 is 12.2 Å². The fourth-order valence-electron chi connectivity index (χ4n) is 2.47. The first-order chi connectivity index (χ1) is 9.81. The van der Waals surface area contributed by atoms with Gasteiger partial charge in [0.25, 0.3) is 5.91 Å². The second-order valence-electron chi connectivity index (χ2n) is 5.18. The Labute approximate surface area is 120 Å². The Morgan fingerprint density at radius 1 is 1.10 bits per heavy atom. The standard InChI is InChI=1S/C17H21NO2/c19-13-15-11-6-4-2-1-3-5-9-14-10-7-8-12-16(14)17(20)18-15/h4,6-8,10,12-13,15H,1-3,5,9,11H2,(H,18,20)/b6-4-/t15-/m0/s1. The Balaban J connectivity index is 2.20. The van der Waals surface area contributed by atoms with Crippen molar-refractivity contribution in [2.24, 2.45) is 0 Å². The van der Waals surface area contributed by atoms with Crippen molar-refractivity contribution in [3.05, 3.63) is 47.5 Å². The van der Waals surface area contributed by atoms with Crippen molar-refractivity contribution < 1.29 is 9.59 Å². The van der Waals surface area contributed by atoms with E-state index in [2.05, 4.69) is 11.4 Å². The monoisotopic (exact) mass is 271 g/mol. The van der Waals surface area contributed by atoms with E-state index in [0.717, 1.165) is 44.0 Å². The van der Waals surface area contributed by atoms with Crippen LogP contribution in [0, 0.1) is 0 Å². The van der Waals surface area contributed by atoms with Gasteiger partial charge < -0.3 is 10.1 Å². The molecular weight excluding hydrogens is 250 g/mol. The number of carbonyl (C=O) groups excluding carboxylic acids is 2. The molecule has 1 aliphatic rings. The number of hydrogen-bond donors (Lipinski definition) is 1. The zero-order valence-corrected chi connectivity index (χ0v) is 11.7. The lowest BCUT2D eigenvalue weighted by Crippen LogP contribution is -2.36. The predicted molar refractivity (Wildman–Crippen MR) is 79.7 cm³/mol. The maximum Gasteiger partial charge on any atom is 0.252 e. The molecule has 1 heterocycles. The lowest BCUT2D eigenvalue weighted by Gasteiger charge is -2.13. The van der Waals surface area contributed by atoms with E-state index in [9.17, 15) is 9.59 Å². The second-order valence-corrected chi connectivity index (χ2v) is 5.18. The quantitative estimate of drug-likeness (QED) is 0.630. The minimum absolute atomic E-state index is 0.148. The minimum atomic E-state index is -0.437. The average Bonchev–Trinajstić information content (AvgIpc) is 2.49. The molecule has 20 heavy (non-hydrogen) atoms. The van der Waals surface area contributed by atoms with Gasteiger partial charge in [0.2, 0.25) is 0 Å². The number of allylic oxidation sites excluding steroid dienone is 1. The topological polar surface area (TPSA) is 46.2 Å². The highest BCUT2D eigenvalue weighted by Crippen LogP contribution is 2.14. The lowest BCUT2D eigenvalue weighted by atomic mass is 10.0. The molecule has 0 spiro atoms. The summed E-state index contributed by atoms with van der Waals surface area (Å²) in [5.41, 5.74) is 1.77. The summed E-state index contributed by atoms with van der Waals surface area (Å²) in [6.07, 6.45) is 10.8. The van der Waals surface area contributed by atoms with E-state index in [1.807, 2.05) is 30.3 Å². The van der Waals surface area contributed by atoms with Crippen molar-refractivity contribution in [3.63, 3.8) is 0 Å². The molecule has 106 valence electrons. The molecule has 0 saturated heterocycles. The third-order valence-corrected chi connectivity index (χ3v) is 3.62. The van der Waals surface area contributed by atoms with Crippen molar-refractivity contribution in [1.82, 2.24) is 5.32 Å². The summed E-state index contributed by atoms with van der Waals surface area (Å²) in [7, 11) is 0. The molecule has 2 rings (SSSR count). The van der Waals surface area contributed by atoms with E-state index in [1.165, 1.54) is 0 Å². The molecule has 3 nitrogen and oxygen atoms in total. The number of aryl methyl sites for hydroxylation is 1. The molecular formula is C17H21NO2. The molecule has 1 atom stereocenters. The Morgan fingerprint density at radius 2 is 1.95 bits per heavy atom. The third kappa shape index (κ3) is 4.05. The predicted octanol–water partition coefficient (Wildman–Crippen LogP) is 3.05. The Kier molecular flexibility index (Phi) is 5.54. The minimum Gasteiger partial charge on any atom is -0.342 e. The van der Waals surface area contributed by atoms with Gasteiger partial charge in [-0.15, -0.1) is 0 Å². The largest absolute Gasteiger partial charge is 0.342 e. The van der Waals surface area contributed by atoms with Gasteiger partial charge in [0.1, 0.15) is 6.29 Å². The summed E-state index contributed by atoms with van der Waals surface area (Å²) in [5.74, 6) is -0.148. The van der Waals surface area contributed by atoms with Crippen LogP contribution < -0.4 is 5.32 Å². The van der Waals surface area contributed by atoms with E-state index in [0.29, 0.717) is 12.0 Å². The fourth-order valence-corrected chi connectivity index (χ4v) is 2.47. The number of benzene rings is 1. The van der Waals surface area contributed by atoms with Crippen LogP contribution in [0.5, 0.6) is 0 Å². The molecule has 0 aliphatic carbocycles. The third-order valence-electron chi connectivity index (χ3n) is 3.62. The SMILES string of the molecule is O=C[C@@H]1C/C=C\CCCCCc2ccccc2C(=O)N1. The van der Waals surface area contributed by atoms with Gasteiger partial charge in [-0.25, -0.2) is 0 Å². The first-order valence-electron chi connectivity index (χ1n) is 7.30. The van der Waals surface area contributed by atoms with Crippen LogP contribution in [0.15, 0.2) is 36.4 Å². The first kappa shape index (κ1) is 14.5. The van der Waals surface area contributed by atoms with Gasteiger partial charge in [-0.2, -0.15) is 0 Å². The molecule has 0 bridgehead atoms. The number of aldehydes is 1. The van der Waals surface area contributed by atoms with Crippen molar-refractivity contribution in [2.75, 3.05) is 0 Å². The highest BCUT2D eigenvalue weighted by molar-refractivity contribution is 5.97. The van der Waals surface area contributed by atoms with Crippen molar-refractivity contribution in [3.8, 4) is 0 Å². The molecule has 0 unspecified atom stereocenters. The van der Waals surface area contributed by atoms with Gasteiger partial charge in [0.15, 0.2) is 0 Å². The van der Waals surface area contributed by atoms with Crippen molar-refractivity contribution in [2.45, 2.75) is 44.6 Å². The van der Waals surface area contributed by atoms with Crippen LogP contribution in [0.2, 0.25) is 0 Å². The number of nitrogens with one attached hydrogen (secondary N) is 1. The highest BCUT2D eigenvalue weighted by Gasteiger charge is 2.15. The molecule has 0 saturated carbocycles. The molecule has 1 aromatic rings. The molecule has 3 heteroatoms. The summed E-state index contributed by atoms with van der Waals surface area (Å²) >= 11 is 0. The van der Waals surface area contributed by atoms with E-state index in [-0.39, 0.29) is 5.91 Å². The van der Waals surface area contributed by atoms with Crippen LogP contribution in [0.4, 0.5) is 0 Å². The molecule has 0 aromatic heterocycles. The van der Waals surface area contributed by atoms with Gasteiger partial charge >= 0.3 is 0 Å². The van der Waals surface area contributed by atoms with Crippen LogP contribution in [0.1, 0.15) is 48.0 Å². The maximum absolute atomic E-state index is 12.3. The molecule has 1 amide bonds. The zero-order valence-electron chi connectivity index (χ0n) is 11.7. The summed E-state index contributed by atoms with van der Waals surface area (Å²) in [4.78, 5) is 23.3. The normalized spacial score (nSPS) is 22.4. The van der Waals surface area contributed by atoms with Crippen LogP contribution in [0.25, 0.3) is 0 Å². The van der Waals surface area contributed by atoms with Crippen LogP contribution in [-0.4, -0.2) is 18.2 Å². The number of amides is 1. The first-order valence-corrected chi connectivity index (χ1v) is 7.30. The van der Waals surface area contributed by atoms with Gasteiger partial charge in [-0.05, 0) is 43.7 Å². The Morgan fingerprint density at radius 3 is 2.80 bits per heavy atom. The van der Waals surface area contributed by atoms with E-state index >= 15 is 0 Å². The fraction of sp³-hybridized carbons (Fsp3) is 0.412. The van der Waals surface area contributed by atoms with E-state index in [1.54, 1.807) is 0 Å². The number of fused-ring (bicyclic) bond motifs is 1. The van der Waals surface area contributed by atoms with Crippen LogP contribution in [-0.2, 0) is 11.2 Å². The maximum atomic E-state index is 12.3. The van der Waals surface area contributed by atoms with Gasteiger partial charge in [-0.3, -0.25) is 4.79 Å². The van der Waals surface area contributed by atoms with Gasteiger partial charge in [0.05, 0.1) is 6.04 Å². The molecule has 0 radical (unpaired) electrons.